The lowest BCUT2D eigenvalue weighted by molar-refractivity contribution is 0.170. The Morgan fingerprint density at radius 1 is 1.08 bits per heavy atom. The Morgan fingerprint density at radius 2 is 1.73 bits per heavy atom. The van der Waals surface area contributed by atoms with Gasteiger partial charge in [0, 0.05) is 42.9 Å². The number of piperazine rings is 1. The van der Waals surface area contributed by atoms with Gasteiger partial charge in [-0.2, -0.15) is 0 Å². The van der Waals surface area contributed by atoms with Crippen molar-refractivity contribution in [2.45, 2.75) is 52.2 Å². The molecule has 2 aromatic rings. The number of allylic oxidation sites excluding steroid dienone is 2. The predicted molar refractivity (Wildman–Crippen MR) is 115 cm³/mol. The van der Waals surface area contributed by atoms with Crippen LogP contribution >= 0.6 is 0 Å². The first-order valence-corrected chi connectivity index (χ1v) is 9.88. The maximum absolute atomic E-state index is 3.61. The van der Waals surface area contributed by atoms with Crippen molar-refractivity contribution < 1.29 is 0 Å². The van der Waals surface area contributed by atoms with Crippen LogP contribution in [-0.4, -0.2) is 41.2 Å². The minimum Gasteiger partial charge on any atom is -0.345 e. The molecule has 1 aliphatic heterocycles. The van der Waals surface area contributed by atoms with Gasteiger partial charge in [-0.05, 0) is 50.8 Å². The zero-order valence-corrected chi connectivity index (χ0v) is 16.7. The van der Waals surface area contributed by atoms with E-state index in [1.165, 1.54) is 42.7 Å². The molecule has 2 atom stereocenters. The van der Waals surface area contributed by atoms with Gasteiger partial charge in [-0.15, -0.1) is 0 Å². The molecule has 0 bridgehead atoms. The SMILES string of the molecule is C=CC=C.CCc1cc2ccccc2n1CCCN1C[C@@H](C)N[C@@H](C)C1. The number of hydrogen-bond acceptors (Lipinski definition) is 2. The fourth-order valence-electron chi connectivity index (χ4n) is 3.90. The minimum absolute atomic E-state index is 0.613. The van der Waals surface area contributed by atoms with Crippen molar-refractivity contribution in [2.24, 2.45) is 0 Å². The number of aryl methyl sites for hydroxylation is 2. The van der Waals surface area contributed by atoms with E-state index in [4.69, 9.17) is 0 Å². The number of nitrogens with one attached hydrogen (secondary N) is 1. The van der Waals surface area contributed by atoms with Gasteiger partial charge in [0.2, 0.25) is 0 Å². The zero-order chi connectivity index (χ0) is 18.9. The van der Waals surface area contributed by atoms with Crippen molar-refractivity contribution in [2.75, 3.05) is 19.6 Å². The molecule has 0 amide bonds. The molecule has 1 saturated heterocycles. The lowest BCUT2D eigenvalue weighted by Gasteiger charge is -2.36. The molecule has 1 aliphatic rings. The topological polar surface area (TPSA) is 20.2 Å². The van der Waals surface area contributed by atoms with Crippen LogP contribution in [0.5, 0.6) is 0 Å². The second kappa shape index (κ2) is 10.3. The first-order valence-electron chi connectivity index (χ1n) is 9.88. The standard InChI is InChI=1S/C19H29N3.C4H6/c1-4-18-12-17-8-5-6-9-19(17)22(18)11-7-10-21-13-15(2)20-16(3)14-21;1-3-4-2/h5-6,8-9,12,15-16,20H,4,7,10-11,13-14H2,1-3H3;3-4H,1-2H2/t15-,16+;. The first kappa shape index (κ1) is 20.5. The number of aromatic nitrogens is 1. The van der Waals surface area contributed by atoms with Gasteiger partial charge in [-0.3, -0.25) is 0 Å². The number of para-hydroxylation sites is 1. The van der Waals surface area contributed by atoms with Crippen molar-refractivity contribution in [1.82, 2.24) is 14.8 Å². The summed E-state index contributed by atoms with van der Waals surface area (Å²) in [5, 5.41) is 4.99. The average Bonchev–Trinajstić information content (AvgIpc) is 2.99. The molecular weight excluding hydrogens is 318 g/mol. The third-order valence-corrected chi connectivity index (χ3v) is 4.91. The third-order valence-electron chi connectivity index (χ3n) is 4.91. The Labute approximate surface area is 159 Å². The lowest BCUT2D eigenvalue weighted by atomic mass is 10.1. The number of benzene rings is 1. The van der Waals surface area contributed by atoms with Crippen LogP contribution < -0.4 is 5.32 Å². The largest absolute Gasteiger partial charge is 0.345 e. The molecular formula is C23H35N3. The molecule has 0 radical (unpaired) electrons. The Balaban J connectivity index is 0.000000552. The third kappa shape index (κ3) is 5.58. The molecule has 1 fully saturated rings. The van der Waals surface area contributed by atoms with Crippen LogP contribution in [0.4, 0.5) is 0 Å². The van der Waals surface area contributed by atoms with E-state index in [1.807, 2.05) is 0 Å². The Bertz CT molecular complexity index is 685. The number of fused-ring (bicyclic) bond motifs is 1. The highest BCUT2D eigenvalue weighted by Crippen LogP contribution is 2.20. The van der Waals surface area contributed by atoms with Gasteiger partial charge in [-0.25, -0.2) is 0 Å². The highest BCUT2D eigenvalue weighted by Gasteiger charge is 2.20. The molecule has 3 rings (SSSR count). The van der Waals surface area contributed by atoms with Crippen LogP contribution in [0, 0.1) is 0 Å². The second-order valence-corrected chi connectivity index (χ2v) is 7.25. The maximum Gasteiger partial charge on any atom is 0.0482 e. The summed E-state index contributed by atoms with van der Waals surface area (Å²) in [5.74, 6) is 0. The normalized spacial score (nSPS) is 20.4. The van der Waals surface area contributed by atoms with Crippen molar-refractivity contribution in [3.63, 3.8) is 0 Å². The molecule has 0 unspecified atom stereocenters. The van der Waals surface area contributed by atoms with Gasteiger partial charge in [0.25, 0.3) is 0 Å². The molecule has 1 N–H and O–H groups in total. The number of rotatable bonds is 6. The van der Waals surface area contributed by atoms with Crippen LogP contribution in [-0.2, 0) is 13.0 Å². The zero-order valence-electron chi connectivity index (χ0n) is 16.7. The molecule has 0 spiro atoms. The van der Waals surface area contributed by atoms with Crippen LogP contribution in [0.25, 0.3) is 10.9 Å². The van der Waals surface area contributed by atoms with Crippen LogP contribution in [0.2, 0.25) is 0 Å². The van der Waals surface area contributed by atoms with Crippen molar-refractivity contribution >= 4 is 10.9 Å². The molecule has 2 heterocycles. The second-order valence-electron chi connectivity index (χ2n) is 7.25. The highest BCUT2D eigenvalue weighted by molar-refractivity contribution is 5.81. The number of nitrogens with zero attached hydrogens (tertiary/aromatic N) is 2. The van der Waals surface area contributed by atoms with E-state index in [0.717, 1.165) is 13.0 Å². The van der Waals surface area contributed by atoms with Gasteiger partial charge >= 0.3 is 0 Å². The van der Waals surface area contributed by atoms with E-state index in [1.54, 1.807) is 12.2 Å². The molecule has 142 valence electrons. The molecule has 3 heteroatoms. The van der Waals surface area contributed by atoms with Gasteiger partial charge < -0.3 is 14.8 Å². The Hall–Kier alpha value is -1.84. The average molecular weight is 354 g/mol. The van der Waals surface area contributed by atoms with E-state index in [9.17, 15) is 0 Å². The summed E-state index contributed by atoms with van der Waals surface area (Å²) >= 11 is 0. The van der Waals surface area contributed by atoms with E-state index >= 15 is 0 Å². The van der Waals surface area contributed by atoms with Gasteiger partial charge in [0.15, 0.2) is 0 Å². The van der Waals surface area contributed by atoms with E-state index in [0.29, 0.717) is 12.1 Å². The Morgan fingerprint density at radius 3 is 2.35 bits per heavy atom. The summed E-state index contributed by atoms with van der Waals surface area (Å²) in [4.78, 5) is 2.61. The summed E-state index contributed by atoms with van der Waals surface area (Å²) < 4.78 is 2.52. The smallest absolute Gasteiger partial charge is 0.0482 e. The molecule has 1 aromatic carbocycles. The van der Waals surface area contributed by atoms with Crippen molar-refractivity contribution in [3.05, 3.63) is 61.3 Å². The molecule has 0 saturated carbocycles. The molecule has 1 aromatic heterocycles. The van der Waals surface area contributed by atoms with Crippen LogP contribution in [0.3, 0.4) is 0 Å². The predicted octanol–water partition coefficient (Wildman–Crippen LogP) is 4.63. The van der Waals surface area contributed by atoms with Crippen LogP contribution in [0.1, 0.15) is 32.9 Å². The molecule has 3 nitrogen and oxygen atoms in total. The van der Waals surface area contributed by atoms with Crippen molar-refractivity contribution in [3.8, 4) is 0 Å². The first-order chi connectivity index (χ1) is 12.6. The van der Waals surface area contributed by atoms with Gasteiger partial charge in [0.05, 0.1) is 0 Å². The summed E-state index contributed by atoms with van der Waals surface area (Å²) in [7, 11) is 0. The quantitative estimate of drug-likeness (QED) is 0.764. The van der Waals surface area contributed by atoms with Crippen LogP contribution in [0.15, 0.2) is 55.6 Å². The highest BCUT2D eigenvalue weighted by atomic mass is 15.2. The van der Waals surface area contributed by atoms with E-state index in [-0.39, 0.29) is 0 Å². The monoisotopic (exact) mass is 353 g/mol. The van der Waals surface area contributed by atoms with Gasteiger partial charge in [-0.1, -0.05) is 50.4 Å². The summed E-state index contributed by atoms with van der Waals surface area (Å²) in [6, 6.07) is 12.3. The summed E-state index contributed by atoms with van der Waals surface area (Å²) in [6.07, 6.45) is 5.61. The lowest BCUT2D eigenvalue weighted by Crippen LogP contribution is -2.54. The summed E-state index contributed by atoms with van der Waals surface area (Å²) in [5.41, 5.74) is 2.85. The van der Waals surface area contributed by atoms with Gasteiger partial charge in [0.1, 0.15) is 0 Å². The van der Waals surface area contributed by atoms with E-state index in [2.05, 4.69) is 79.0 Å². The fourth-order valence-corrected chi connectivity index (χ4v) is 3.90. The molecule has 0 aliphatic carbocycles. The van der Waals surface area contributed by atoms with E-state index < -0.39 is 0 Å². The Kier molecular flexibility index (Phi) is 8.14. The minimum atomic E-state index is 0.613. The maximum atomic E-state index is 3.61. The fraction of sp³-hybridized carbons (Fsp3) is 0.478. The summed E-state index contributed by atoms with van der Waals surface area (Å²) in [6.45, 7) is 18.2. The molecule has 26 heavy (non-hydrogen) atoms. The van der Waals surface area contributed by atoms with Crippen molar-refractivity contribution in [1.29, 1.82) is 0 Å². The number of hydrogen-bond donors (Lipinski definition) is 1.